The van der Waals surface area contributed by atoms with Crippen molar-refractivity contribution in [1.29, 1.82) is 0 Å². The summed E-state index contributed by atoms with van der Waals surface area (Å²) in [5.74, 6) is 0.289. The third-order valence-corrected chi connectivity index (χ3v) is 3.79. The summed E-state index contributed by atoms with van der Waals surface area (Å²) in [7, 11) is 0. The van der Waals surface area contributed by atoms with Gasteiger partial charge in [0.05, 0.1) is 5.41 Å². The zero-order valence-corrected chi connectivity index (χ0v) is 11.3. The van der Waals surface area contributed by atoms with E-state index in [1.54, 1.807) is 0 Å². The van der Waals surface area contributed by atoms with Gasteiger partial charge in [0.15, 0.2) is 0 Å². The molecule has 0 radical (unpaired) electrons. The van der Waals surface area contributed by atoms with Crippen LogP contribution in [0.5, 0.6) is 0 Å². The van der Waals surface area contributed by atoms with Crippen LogP contribution in [0.3, 0.4) is 0 Å². The summed E-state index contributed by atoms with van der Waals surface area (Å²) in [6.45, 7) is 5.81. The summed E-state index contributed by atoms with van der Waals surface area (Å²) < 4.78 is 0. The average Bonchev–Trinajstić information content (AvgIpc) is 3.17. The molecule has 0 saturated heterocycles. The predicted molar refractivity (Wildman–Crippen MR) is 74.3 cm³/mol. The van der Waals surface area contributed by atoms with E-state index in [-0.39, 0.29) is 11.3 Å². The molecule has 0 atom stereocenters. The van der Waals surface area contributed by atoms with Crippen LogP contribution in [-0.4, -0.2) is 23.9 Å². The first kappa shape index (κ1) is 12.9. The fourth-order valence-electron chi connectivity index (χ4n) is 2.53. The number of anilines is 1. The van der Waals surface area contributed by atoms with Gasteiger partial charge in [0.25, 0.3) is 0 Å². The Labute approximate surface area is 109 Å². The molecule has 1 aliphatic rings. The molecule has 1 aromatic carbocycles. The number of carbonyl (C=O) groups excluding carboxylic acids is 1. The van der Waals surface area contributed by atoms with Gasteiger partial charge >= 0.3 is 0 Å². The van der Waals surface area contributed by atoms with Crippen LogP contribution in [0.4, 0.5) is 5.69 Å². The van der Waals surface area contributed by atoms with Crippen LogP contribution in [0.15, 0.2) is 24.3 Å². The highest BCUT2D eigenvalue weighted by Gasteiger charge is 2.52. The zero-order valence-electron chi connectivity index (χ0n) is 11.3. The van der Waals surface area contributed by atoms with Crippen molar-refractivity contribution in [2.45, 2.75) is 38.5 Å². The summed E-state index contributed by atoms with van der Waals surface area (Å²) in [6, 6.07) is 7.78. The highest BCUT2D eigenvalue weighted by atomic mass is 16.2. The number of hydrogen-bond acceptors (Lipinski definition) is 2. The molecule has 0 heterocycles. The van der Waals surface area contributed by atoms with Gasteiger partial charge in [0.1, 0.15) is 0 Å². The summed E-state index contributed by atoms with van der Waals surface area (Å²) in [5, 5.41) is 0. The van der Waals surface area contributed by atoms with Crippen LogP contribution >= 0.6 is 0 Å². The van der Waals surface area contributed by atoms with Crippen molar-refractivity contribution in [3.8, 4) is 0 Å². The Morgan fingerprint density at radius 1 is 1.28 bits per heavy atom. The van der Waals surface area contributed by atoms with Crippen LogP contribution in [0, 0.1) is 0 Å². The van der Waals surface area contributed by atoms with Crippen molar-refractivity contribution in [3.63, 3.8) is 0 Å². The quantitative estimate of drug-likeness (QED) is 0.812. The number of hydrogen-bond donors (Lipinski definition) is 1. The van der Waals surface area contributed by atoms with Gasteiger partial charge in [0, 0.05) is 18.8 Å². The Balaban J connectivity index is 2.20. The first-order valence-electron chi connectivity index (χ1n) is 6.79. The van der Waals surface area contributed by atoms with E-state index in [1.165, 1.54) is 0 Å². The highest BCUT2D eigenvalue weighted by molar-refractivity contribution is 5.91. The van der Waals surface area contributed by atoms with Gasteiger partial charge in [-0.05, 0) is 43.9 Å². The van der Waals surface area contributed by atoms with Crippen molar-refractivity contribution < 1.29 is 4.79 Å². The Morgan fingerprint density at radius 2 is 1.89 bits per heavy atom. The normalized spacial score (nSPS) is 16.3. The third kappa shape index (κ3) is 2.22. The molecule has 3 nitrogen and oxygen atoms in total. The molecule has 1 aromatic rings. The van der Waals surface area contributed by atoms with Crippen molar-refractivity contribution >= 4 is 11.6 Å². The summed E-state index contributed by atoms with van der Waals surface area (Å²) in [4.78, 5) is 14.6. The number of amides is 1. The molecule has 0 aliphatic heterocycles. The molecule has 98 valence electrons. The van der Waals surface area contributed by atoms with E-state index in [2.05, 4.69) is 6.92 Å². The molecule has 1 amide bonds. The van der Waals surface area contributed by atoms with Gasteiger partial charge < -0.3 is 10.6 Å². The first-order chi connectivity index (χ1) is 8.64. The fraction of sp³-hybridized carbons (Fsp3) is 0.533. The number of benzene rings is 1. The lowest BCUT2D eigenvalue weighted by molar-refractivity contribution is -0.133. The summed E-state index contributed by atoms with van der Waals surface area (Å²) >= 11 is 0. The molecule has 1 aliphatic carbocycles. The van der Waals surface area contributed by atoms with Crippen LogP contribution in [0.25, 0.3) is 0 Å². The second kappa shape index (κ2) is 5.01. The minimum absolute atomic E-state index is 0.251. The molecule has 0 aromatic heterocycles. The Kier molecular flexibility index (Phi) is 3.60. The van der Waals surface area contributed by atoms with Crippen LogP contribution in [0.1, 0.15) is 38.7 Å². The molecule has 1 fully saturated rings. The van der Waals surface area contributed by atoms with Gasteiger partial charge in [-0.1, -0.05) is 19.1 Å². The maximum atomic E-state index is 12.6. The number of nitrogens with two attached hydrogens (primary N) is 1. The molecular formula is C15H22N2O. The largest absolute Gasteiger partial charge is 0.399 e. The van der Waals surface area contributed by atoms with E-state index >= 15 is 0 Å². The van der Waals surface area contributed by atoms with Gasteiger partial charge in [-0.15, -0.1) is 0 Å². The van der Waals surface area contributed by atoms with E-state index in [4.69, 9.17) is 5.73 Å². The maximum absolute atomic E-state index is 12.6. The third-order valence-electron chi connectivity index (χ3n) is 3.79. The number of nitrogen functional groups attached to an aromatic ring is 1. The Bertz CT molecular complexity index is 421. The average molecular weight is 246 g/mol. The van der Waals surface area contributed by atoms with E-state index in [1.807, 2.05) is 36.1 Å². The fourth-order valence-corrected chi connectivity index (χ4v) is 2.53. The van der Waals surface area contributed by atoms with Gasteiger partial charge in [-0.3, -0.25) is 4.79 Å². The minimum atomic E-state index is -0.251. The Morgan fingerprint density at radius 3 is 2.33 bits per heavy atom. The smallest absolute Gasteiger partial charge is 0.233 e. The second-order valence-electron chi connectivity index (χ2n) is 5.09. The molecule has 1 saturated carbocycles. The van der Waals surface area contributed by atoms with Gasteiger partial charge in [-0.25, -0.2) is 0 Å². The van der Waals surface area contributed by atoms with Gasteiger partial charge in [0.2, 0.25) is 5.91 Å². The van der Waals surface area contributed by atoms with E-state index < -0.39 is 0 Å². The molecule has 0 bridgehead atoms. The summed E-state index contributed by atoms with van der Waals surface area (Å²) in [6.07, 6.45) is 2.95. The number of carbonyl (C=O) groups is 1. The Hall–Kier alpha value is -1.51. The highest BCUT2D eigenvalue weighted by Crippen LogP contribution is 2.49. The number of rotatable bonds is 5. The SMILES string of the molecule is CCCN(CC)C(=O)C1(c2ccc(N)cc2)CC1. The molecule has 18 heavy (non-hydrogen) atoms. The van der Waals surface area contributed by atoms with E-state index in [0.717, 1.165) is 43.6 Å². The number of likely N-dealkylation sites (N-methyl/N-ethyl adjacent to an activating group) is 1. The standard InChI is InChI=1S/C15H22N2O/c1-3-11-17(4-2)14(18)15(9-10-15)12-5-7-13(16)8-6-12/h5-8H,3-4,9-11,16H2,1-2H3. The van der Waals surface area contributed by atoms with Crippen molar-refractivity contribution in [2.24, 2.45) is 0 Å². The van der Waals surface area contributed by atoms with E-state index in [0.29, 0.717) is 0 Å². The van der Waals surface area contributed by atoms with Crippen molar-refractivity contribution in [3.05, 3.63) is 29.8 Å². The lowest BCUT2D eigenvalue weighted by atomic mass is 9.94. The van der Waals surface area contributed by atoms with E-state index in [9.17, 15) is 4.79 Å². The van der Waals surface area contributed by atoms with Crippen molar-refractivity contribution in [2.75, 3.05) is 18.8 Å². The molecule has 0 unspecified atom stereocenters. The van der Waals surface area contributed by atoms with Crippen LogP contribution in [0.2, 0.25) is 0 Å². The molecular weight excluding hydrogens is 224 g/mol. The molecule has 2 rings (SSSR count). The number of nitrogens with zero attached hydrogens (tertiary/aromatic N) is 1. The second-order valence-corrected chi connectivity index (χ2v) is 5.09. The molecule has 3 heteroatoms. The van der Waals surface area contributed by atoms with Crippen molar-refractivity contribution in [1.82, 2.24) is 4.90 Å². The lowest BCUT2D eigenvalue weighted by Gasteiger charge is -2.26. The van der Waals surface area contributed by atoms with Crippen LogP contribution in [-0.2, 0) is 10.2 Å². The molecule has 0 spiro atoms. The van der Waals surface area contributed by atoms with Gasteiger partial charge in [-0.2, -0.15) is 0 Å². The first-order valence-corrected chi connectivity index (χ1v) is 6.79. The maximum Gasteiger partial charge on any atom is 0.233 e. The zero-order chi connectivity index (χ0) is 13.2. The lowest BCUT2D eigenvalue weighted by Crippen LogP contribution is -2.39. The predicted octanol–water partition coefficient (Wildman–Crippen LogP) is 2.56. The monoisotopic (exact) mass is 246 g/mol. The van der Waals surface area contributed by atoms with Crippen LogP contribution < -0.4 is 5.73 Å². The topological polar surface area (TPSA) is 46.3 Å². The summed E-state index contributed by atoms with van der Waals surface area (Å²) in [5.41, 5.74) is 7.33. The molecule has 2 N–H and O–H groups in total. The minimum Gasteiger partial charge on any atom is -0.399 e.